The lowest BCUT2D eigenvalue weighted by Gasteiger charge is -2.12. The average Bonchev–Trinajstić information content (AvgIpc) is 2.74. The number of benzene rings is 1. The van der Waals surface area contributed by atoms with Crippen molar-refractivity contribution < 1.29 is 4.39 Å². The number of nitrogens with zero attached hydrogens (tertiary/aromatic N) is 3. The summed E-state index contributed by atoms with van der Waals surface area (Å²) in [5.74, 6) is -0.225. The number of fused-ring (bicyclic) bond motifs is 2. The van der Waals surface area contributed by atoms with Gasteiger partial charge in [-0.05, 0) is 42.0 Å². The number of hydrogen-bond acceptors (Lipinski definition) is 5. The van der Waals surface area contributed by atoms with E-state index in [-0.39, 0.29) is 17.2 Å². The summed E-state index contributed by atoms with van der Waals surface area (Å²) >= 11 is 0. The van der Waals surface area contributed by atoms with Gasteiger partial charge < -0.3 is 10.7 Å². The topological polar surface area (TPSA) is 97.5 Å². The van der Waals surface area contributed by atoms with E-state index < -0.39 is 0 Å². The fourth-order valence-electron chi connectivity index (χ4n) is 3.54. The Morgan fingerprint density at radius 1 is 0.897 bits per heavy atom. The van der Waals surface area contributed by atoms with Crippen molar-refractivity contribution in [1.29, 1.82) is 0 Å². The van der Waals surface area contributed by atoms with Gasteiger partial charge in [0.05, 0.1) is 11.1 Å². The molecule has 0 aliphatic rings. The van der Waals surface area contributed by atoms with Crippen molar-refractivity contribution in [3.8, 4) is 22.4 Å². The molecule has 0 bridgehead atoms. The molecular formula is C22H14FN5O. The maximum absolute atomic E-state index is 14.4. The molecule has 7 heteroatoms. The lowest BCUT2D eigenvalue weighted by Crippen LogP contribution is -2.09. The van der Waals surface area contributed by atoms with Crippen LogP contribution in [0, 0.1) is 5.82 Å². The number of halogens is 1. The molecule has 0 amide bonds. The summed E-state index contributed by atoms with van der Waals surface area (Å²) in [4.78, 5) is 28.0. The van der Waals surface area contributed by atoms with E-state index in [2.05, 4.69) is 19.9 Å². The molecule has 0 aliphatic carbocycles. The maximum Gasteiger partial charge on any atom is 0.259 e. The second kappa shape index (κ2) is 6.49. The van der Waals surface area contributed by atoms with Gasteiger partial charge in [-0.1, -0.05) is 12.1 Å². The van der Waals surface area contributed by atoms with E-state index in [4.69, 9.17) is 5.73 Å². The van der Waals surface area contributed by atoms with Crippen LogP contribution >= 0.6 is 0 Å². The molecule has 0 spiro atoms. The summed E-state index contributed by atoms with van der Waals surface area (Å²) in [5.41, 5.74) is 8.42. The van der Waals surface area contributed by atoms with Gasteiger partial charge in [0.1, 0.15) is 11.6 Å². The Balaban J connectivity index is 1.90. The molecule has 0 aliphatic heterocycles. The highest BCUT2D eigenvalue weighted by Crippen LogP contribution is 2.35. The Morgan fingerprint density at radius 3 is 2.62 bits per heavy atom. The predicted octanol–water partition coefficient (Wildman–Crippen LogP) is 3.92. The SMILES string of the molecule is Nc1nccc2c(-c3cc(-c4ccccc4F)nc4ncccc34)c[nH]c(=O)c12. The molecule has 0 saturated carbocycles. The molecule has 3 N–H and O–H groups in total. The second-order valence-electron chi connectivity index (χ2n) is 6.56. The van der Waals surface area contributed by atoms with E-state index in [1.54, 1.807) is 55.0 Å². The van der Waals surface area contributed by atoms with Crippen molar-refractivity contribution in [2.75, 3.05) is 5.73 Å². The minimum Gasteiger partial charge on any atom is -0.383 e. The average molecular weight is 383 g/mol. The highest BCUT2D eigenvalue weighted by atomic mass is 19.1. The molecule has 0 atom stereocenters. The fourth-order valence-corrected chi connectivity index (χ4v) is 3.54. The number of hydrogen-bond donors (Lipinski definition) is 2. The molecule has 29 heavy (non-hydrogen) atoms. The van der Waals surface area contributed by atoms with E-state index in [0.717, 1.165) is 16.5 Å². The molecule has 5 rings (SSSR count). The van der Waals surface area contributed by atoms with Crippen LogP contribution in [0.2, 0.25) is 0 Å². The minimum atomic E-state index is -0.374. The molecule has 4 heterocycles. The van der Waals surface area contributed by atoms with Crippen LogP contribution in [-0.2, 0) is 0 Å². The van der Waals surface area contributed by atoms with Gasteiger partial charge in [-0.3, -0.25) is 4.79 Å². The van der Waals surface area contributed by atoms with Gasteiger partial charge in [0.15, 0.2) is 5.65 Å². The molecule has 1 aromatic carbocycles. The molecule has 0 radical (unpaired) electrons. The monoisotopic (exact) mass is 383 g/mol. The zero-order valence-corrected chi connectivity index (χ0v) is 15.1. The summed E-state index contributed by atoms with van der Waals surface area (Å²) in [6.07, 6.45) is 4.81. The van der Waals surface area contributed by atoms with E-state index in [1.807, 2.05) is 6.07 Å². The molecule has 4 aromatic heterocycles. The van der Waals surface area contributed by atoms with Crippen molar-refractivity contribution in [3.63, 3.8) is 0 Å². The number of pyridine rings is 4. The van der Waals surface area contributed by atoms with Gasteiger partial charge in [-0.25, -0.2) is 19.3 Å². The number of nitrogen functional groups attached to an aromatic ring is 1. The van der Waals surface area contributed by atoms with Crippen molar-refractivity contribution in [3.05, 3.63) is 83.3 Å². The molecule has 5 aromatic rings. The first kappa shape index (κ1) is 17.0. The minimum absolute atomic E-state index is 0.149. The van der Waals surface area contributed by atoms with Gasteiger partial charge in [0, 0.05) is 40.5 Å². The van der Waals surface area contributed by atoms with Gasteiger partial charge >= 0.3 is 0 Å². The standard InChI is InChI=1S/C22H14FN5O/c23-17-6-2-1-4-14(17)18-10-15(13-5-3-8-26-21(13)28-18)16-11-27-22(29)19-12(16)7-9-25-20(19)24/h1-11H,(H2,24,25)(H,27,29). The molecule has 6 nitrogen and oxygen atoms in total. The summed E-state index contributed by atoms with van der Waals surface area (Å²) in [6, 6.07) is 13.7. The van der Waals surface area contributed by atoms with Crippen LogP contribution in [-0.4, -0.2) is 19.9 Å². The third kappa shape index (κ3) is 2.71. The van der Waals surface area contributed by atoms with Crippen LogP contribution in [0.5, 0.6) is 0 Å². The third-order valence-electron chi connectivity index (χ3n) is 4.87. The largest absolute Gasteiger partial charge is 0.383 e. The fraction of sp³-hybridized carbons (Fsp3) is 0. The second-order valence-corrected chi connectivity index (χ2v) is 6.56. The maximum atomic E-state index is 14.4. The number of aromatic nitrogens is 4. The molecular weight excluding hydrogens is 369 g/mol. The number of H-pyrrole nitrogens is 1. The Labute approximate surface area is 163 Å². The first-order valence-electron chi connectivity index (χ1n) is 8.90. The Kier molecular flexibility index (Phi) is 3.80. The highest BCUT2D eigenvalue weighted by molar-refractivity contribution is 6.06. The highest BCUT2D eigenvalue weighted by Gasteiger charge is 2.16. The van der Waals surface area contributed by atoms with Crippen molar-refractivity contribution >= 4 is 27.6 Å². The number of anilines is 1. The van der Waals surface area contributed by atoms with E-state index in [1.165, 1.54) is 6.07 Å². The zero-order chi connectivity index (χ0) is 20.0. The number of nitrogens with one attached hydrogen (secondary N) is 1. The molecule has 0 fully saturated rings. The third-order valence-corrected chi connectivity index (χ3v) is 4.87. The molecule has 0 unspecified atom stereocenters. The van der Waals surface area contributed by atoms with Crippen LogP contribution in [0.25, 0.3) is 44.2 Å². The van der Waals surface area contributed by atoms with Crippen LogP contribution in [0.15, 0.2) is 71.9 Å². The number of nitrogens with two attached hydrogens (primary N) is 1. The normalized spacial score (nSPS) is 11.2. The first-order valence-corrected chi connectivity index (χ1v) is 8.90. The van der Waals surface area contributed by atoms with Gasteiger partial charge in [0.25, 0.3) is 5.56 Å². The van der Waals surface area contributed by atoms with E-state index in [9.17, 15) is 9.18 Å². The quantitative estimate of drug-likeness (QED) is 0.481. The van der Waals surface area contributed by atoms with Crippen LogP contribution < -0.4 is 11.3 Å². The summed E-state index contributed by atoms with van der Waals surface area (Å²) in [5, 5.41) is 1.74. The Morgan fingerprint density at radius 2 is 1.76 bits per heavy atom. The van der Waals surface area contributed by atoms with Gasteiger partial charge in [-0.2, -0.15) is 0 Å². The van der Waals surface area contributed by atoms with Crippen LogP contribution in [0.4, 0.5) is 10.2 Å². The number of rotatable bonds is 2. The lowest BCUT2D eigenvalue weighted by molar-refractivity contribution is 0.631. The predicted molar refractivity (Wildman–Crippen MR) is 111 cm³/mol. The van der Waals surface area contributed by atoms with Crippen LogP contribution in [0.1, 0.15) is 0 Å². The number of aromatic amines is 1. The lowest BCUT2D eigenvalue weighted by atomic mass is 9.97. The van der Waals surface area contributed by atoms with E-state index in [0.29, 0.717) is 27.7 Å². The summed E-state index contributed by atoms with van der Waals surface area (Å²) in [6.45, 7) is 0. The summed E-state index contributed by atoms with van der Waals surface area (Å²) < 4.78 is 14.4. The molecule has 0 saturated heterocycles. The Hall–Kier alpha value is -4.13. The van der Waals surface area contributed by atoms with Crippen LogP contribution in [0.3, 0.4) is 0 Å². The smallest absolute Gasteiger partial charge is 0.259 e. The van der Waals surface area contributed by atoms with E-state index >= 15 is 0 Å². The molecule has 140 valence electrons. The summed E-state index contributed by atoms with van der Waals surface area (Å²) in [7, 11) is 0. The zero-order valence-electron chi connectivity index (χ0n) is 15.1. The van der Waals surface area contributed by atoms with Gasteiger partial charge in [-0.15, -0.1) is 0 Å². The van der Waals surface area contributed by atoms with Crippen molar-refractivity contribution in [2.45, 2.75) is 0 Å². The Bertz CT molecular complexity index is 1460. The van der Waals surface area contributed by atoms with Gasteiger partial charge in [0.2, 0.25) is 0 Å². The van der Waals surface area contributed by atoms with Crippen molar-refractivity contribution in [1.82, 2.24) is 19.9 Å². The van der Waals surface area contributed by atoms with Crippen molar-refractivity contribution in [2.24, 2.45) is 0 Å². The first-order chi connectivity index (χ1) is 14.1.